The first kappa shape index (κ1) is 9.40. The third-order valence-corrected chi connectivity index (χ3v) is 3.54. The number of hydrogen-bond donors (Lipinski definition) is 0. The van der Waals surface area contributed by atoms with Crippen molar-refractivity contribution in [3.8, 4) is 0 Å². The van der Waals surface area contributed by atoms with Crippen LogP contribution >= 0.6 is 11.8 Å². The van der Waals surface area contributed by atoms with Gasteiger partial charge < -0.3 is 4.48 Å². The summed E-state index contributed by atoms with van der Waals surface area (Å²) in [7, 11) is 2.41. The summed E-state index contributed by atoms with van der Waals surface area (Å²) >= 11 is 2.12. The molecule has 0 bridgehead atoms. The molecule has 0 aromatic heterocycles. The Bertz CT molecular complexity index is 108. The molecule has 1 heterocycles. The van der Waals surface area contributed by atoms with Gasteiger partial charge in [0.2, 0.25) is 0 Å². The van der Waals surface area contributed by atoms with Crippen molar-refractivity contribution in [3.63, 3.8) is 0 Å². The van der Waals surface area contributed by atoms with Crippen molar-refractivity contribution in [2.24, 2.45) is 0 Å². The molecule has 1 aliphatic rings. The van der Waals surface area contributed by atoms with E-state index < -0.39 is 0 Å². The highest BCUT2D eigenvalue weighted by Gasteiger charge is 2.23. The van der Waals surface area contributed by atoms with E-state index in [2.05, 4.69) is 25.7 Å². The van der Waals surface area contributed by atoms with Crippen LogP contribution in [-0.4, -0.2) is 42.7 Å². The predicted octanol–water partition coefficient (Wildman–Crippen LogP) is 1.98. The second kappa shape index (κ2) is 4.36. The Hall–Kier alpha value is 0.310. The fraction of sp³-hybridized carbons (Fsp3) is 1.00. The first-order valence-electron chi connectivity index (χ1n) is 4.68. The first-order chi connectivity index (χ1) is 5.27. The molecule has 0 amide bonds. The average Bonchev–Trinajstić information content (AvgIpc) is 2.03. The van der Waals surface area contributed by atoms with E-state index in [1.807, 2.05) is 0 Å². The smallest absolute Gasteiger partial charge is 0.0876 e. The van der Waals surface area contributed by atoms with Crippen LogP contribution in [-0.2, 0) is 0 Å². The molecule has 0 unspecified atom stereocenters. The maximum atomic E-state index is 2.41. The molecule has 1 rings (SSSR count). The van der Waals surface area contributed by atoms with Crippen LogP contribution in [0.2, 0.25) is 0 Å². The highest BCUT2D eigenvalue weighted by Crippen LogP contribution is 2.16. The van der Waals surface area contributed by atoms with E-state index >= 15 is 0 Å². The van der Waals surface area contributed by atoms with Crippen molar-refractivity contribution in [2.75, 3.05) is 38.2 Å². The fourth-order valence-corrected chi connectivity index (χ4v) is 2.89. The highest BCUT2D eigenvalue weighted by atomic mass is 32.2. The Balaban J connectivity index is 2.25. The number of unbranched alkanes of at least 4 members (excludes halogenated alkanes) is 1. The van der Waals surface area contributed by atoms with Gasteiger partial charge in [0, 0.05) is 11.5 Å². The molecule has 0 atom stereocenters. The third-order valence-electron chi connectivity index (χ3n) is 2.60. The molecule has 2 heteroatoms. The van der Waals surface area contributed by atoms with Crippen LogP contribution < -0.4 is 0 Å². The van der Waals surface area contributed by atoms with Gasteiger partial charge in [-0.15, -0.1) is 0 Å². The van der Waals surface area contributed by atoms with Gasteiger partial charge in [0.05, 0.1) is 26.7 Å². The zero-order valence-electron chi connectivity index (χ0n) is 7.81. The summed E-state index contributed by atoms with van der Waals surface area (Å²) in [4.78, 5) is 0. The van der Waals surface area contributed by atoms with E-state index in [9.17, 15) is 0 Å². The zero-order valence-corrected chi connectivity index (χ0v) is 8.62. The molecule has 11 heavy (non-hydrogen) atoms. The van der Waals surface area contributed by atoms with Gasteiger partial charge in [-0.1, -0.05) is 13.3 Å². The SMILES string of the molecule is CCCC[N+]1(C)CCSCC1. The molecule has 0 aliphatic carbocycles. The van der Waals surface area contributed by atoms with Gasteiger partial charge in [-0.3, -0.25) is 0 Å². The van der Waals surface area contributed by atoms with E-state index in [-0.39, 0.29) is 0 Å². The largest absolute Gasteiger partial charge is 0.325 e. The van der Waals surface area contributed by atoms with Crippen molar-refractivity contribution in [1.82, 2.24) is 0 Å². The lowest BCUT2D eigenvalue weighted by molar-refractivity contribution is -0.906. The fourth-order valence-electron chi connectivity index (χ4n) is 1.55. The lowest BCUT2D eigenvalue weighted by Gasteiger charge is -2.37. The molecule has 1 nitrogen and oxygen atoms in total. The molecule has 0 aromatic rings. The van der Waals surface area contributed by atoms with E-state index in [4.69, 9.17) is 0 Å². The molecule has 0 radical (unpaired) electrons. The summed E-state index contributed by atoms with van der Waals surface area (Å²) in [6, 6.07) is 0. The molecular formula is C9H20NS+. The van der Waals surface area contributed by atoms with Gasteiger partial charge in [-0.05, 0) is 6.42 Å². The molecule has 1 saturated heterocycles. The Morgan fingerprint density at radius 3 is 2.45 bits per heavy atom. The summed E-state index contributed by atoms with van der Waals surface area (Å²) in [5, 5.41) is 0. The quantitative estimate of drug-likeness (QED) is 0.590. The average molecular weight is 174 g/mol. The molecule has 0 spiro atoms. The molecule has 1 fully saturated rings. The van der Waals surface area contributed by atoms with Gasteiger partial charge in [-0.25, -0.2) is 0 Å². The van der Waals surface area contributed by atoms with Gasteiger partial charge in [0.15, 0.2) is 0 Å². The van der Waals surface area contributed by atoms with Crippen molar-refractivity contribution >= 4 is 11.8 Å². The molecule has 0 aromatic carbocycles. The van der Waals surface area contributed by atoms with Crippen LogP contribution in [0.4, 0.5) is 0 Å². The minimum Gasteiger partial charge on any atom is -0.325 e. The number of thioether (sulfide) groups is 1. The second-order valence-corrected chi connectivity index (χ2v) is 4.98. The van der Waals surface area contributed by atoms with E-state index in [0.717, 1.165) is 0 Å². The van der Waals surface area contributed by atoms with Crippen LogP contribution in [0.3, 0.4) is 0 Å². The number of nitrogens with zero attached hydrogens (tertiary/aromatic N) is 1. The van der Waals surface area contributed by atoms with E-state index in [1.165, 1.54) is 48.5 Å². The minimum atomic E-state index is 1.33. The molecule has 1 aliphatic heterocycles. The first-order valence-corrected chi connectivity index (χ1v) is 5.84. The highest BCUT2D eigenvalue weighted by molar-refractivity contribution is 7.99. The molecule has 66 valence electrons. The molecule has 0 N–H and O–H groups in total. The Labute approximate surface area is 74.7 Å². The summed E-state index contributed by atoms with van der Waals surface area (Å²) in [5.74, 6) is 2.75. The van der Waals surface area contributed by atoms with Crippen LogP contribution in [0, 0.1) is 0 Å². The number of rotatable bonds is 3. The van der Waals surface area contributed by atoms with E-state index in [0.29, 0.717) is 0 Å². The lowest BCUT2D eigenvalue weighted by atomic mass is 10.3. The van der Waals surface area contributed by atoms with Crippen LogP contribution in [0.1, 0.15) is 19.8 Å². The van der Waals surface area contributed by atoms with E-state index in [1.54, 1.807) is 0 Å². The maximum Gasteiger partial charge on any atom is 0.0876 e. The van der Waals surface area contributed by atoms with Crippen molar-refractivity contribution < 1.29 is 4.48 Å². The number of quaternary nitrogens is 1. The van der Waals surface area contributed by atoms with Crippen molar-refractivity contribution in [3.05, 3.63) is 0 Å². The predicted molar refractivity (Wildman–Crippen MR) is 53.0 cm³/mol. The normalized spacial score (nSPS) is 23.5. The van der Waals surface area contributed by atoms with Crippen LogP contribution in [0.25, 0.3) is 0 Å². The van der Waals surface area contributed by atoms with Crippen molar-refractivity contribution in [1.29, 1.82) is 0 Å². The Kier molecular flexibility index (Phi) is 3.73. The second-order valence-electron chi connectivity index (χ2n) is 3.76. The zero-order chi connectivity index (χ0) is 8.16. The summed E-state index contributed by atoms with van der Waals surface area (Å²) in [6.07, 6.45) is 2.75. The monoisotopic (exact) mass is 174 g/mol. The topological polar surface area (TPSA) is 0 Å². The van der Waals surface area contributed by atoms with Gasteiger partial charge >= 0.3 is 0 Å². The molecular weight excluding hydrogens is 154 g/mol. The van der Waals surface area contributed by atoms with Gasteiger partial charge in [0.1, 0.15) is 0 Å². The minimum absolute atomic E-state index is 1.33. The summed E-state index contributed by atoms with van der Waals surface area (Å²) in [6.45, 7) is 6.47. The summed E-state index contributed by atoms with van der Waals surface area (Å²) in [5.41, 5.74) is 0. The summed E-state index contributed by atoms with van der Waals surface area (Å²) < 4.78 is 1.33. The van der Waals surface area contributed by atoms with Crippen LogP contribution in [0.5, 0.6) is 0 Å². The Morgan fingerprint density at radius 1 is 1.27 bits per heavy atom. The maximum absolute atomic E-state index is 2.41. The lowest BCUT2D eigenvalue weighted by Crippen LogP contribution is -2.50. The number of hydrogen-bond acceptors (Lipinski definition) is 1. The van der Waals surface area contributed by atoms with Gasteiger partial charge in [-0.2, -0.15) is 11.8 Å². The standard InChI is InChI=1S/C9H20NS/c1-3-4-5-10(2)6-8-11-9-7-10/h3-9H2,1-2H3/q+1. The van der Waals surface area contributed by atoms with Gasteiger partial charge in [0.25, 0.3) is 0 Å². The van der Waals surface area contributed by atoms with Crippen molar-refractivity contribution in [2.45, 2.75) is 19.8 Å². The Morgan fingerprint density at radius 2 is 1.91 bits per heavy atom. The van der Waals surface area contributed by atoms with Crippen LogP contribution in [0.15, 0.2) is 0 Å². The third kappa shape index (κ3) is 3.04. The molecule has 0 saturated carbocycles.